The lowest BCUT2D eigenvalue weighted by molar-refractivity contribution is -0.136. The minimum atomic E-state index is -0.915. The molecule has 0 aliphatic heterocycles. The van der Waals surface area contributed by atoms with E-state index in [1.165, 1.54) is 17.6 Å². The van der Waals surface area contributed by atoms with Crippen LogP contribution in [-0.2, 0) is 11.2 Å². The van der Waals surface area contributed by atoms with Gasteiger partial charge in [0.2, 0.25) is 5.89 Å². The smallest absolute Gasteiger partial charge is 0.309 e. The molecule has 2 rings (SSSR count). The highest BCUT2D eigenvalue weighted by molar-refractivity contribution is 9.11. The number of oxazole rings is 1. The number of aliphatic carboxylic acids is 1. The molecule has 0 bridgehead atoms. The van der Waals surface area contributed by atoms with E-state index in [-0.39, 0.29) is 6.42 Å². The fourth-order valence-electron chi connectivity index (χ4n) is 1.09. The van der Waals surface area contributed by atoms with E-state index in [0.29, 0.717) is 11.6 Å². The van der Waals surface area contributed by atoms with Gasteiger partial charge in [-0.05, 0) is 28.1 Å². The standard InChI is InChI=1S/C9H6BrNO3S/c10-7-2-1-6(15-7)9-11-5(4-14-9)3-8(12)13/h1-2,4H,3H2,(H,12,13). The highest BCUT2D eigenvalue weighted by atomic mass is 79.9. The molecule has 2 aromatic rings. The van der Waals surface area contributed by atoms with E-state index in [2.05, 4.69) is 20.9 Å². The molecule has 78 valence electrons. The van der Waals surface area contributed by atoms with Crippen LogP contribution in [0.4, 0.5) is 0 Å². The van der Waals surface area contributed by atoms with E-state index in [1.807, 2.05) is 12.1 Å². The van der Waals surface area contributed by atoms with E-state index in [0.717, 1.165) is 8.66 Å². The fourth-order valence-corrected chi connectivity index (χ4v) is 2.40. The average molecular weight is 288 g/mol. The number of aromatic nitrogens is 1. The number of nitrogens with zero attached hydrogens (tertiary/aromatic N) is 1. The third-order valence-corrected chi connectivity index (χ3v) is 3.28. The first-order valence-electron chi connectivity index (χ1n) is 4.07. The molecule has 0 spiro atoms. The number of halogens is 1. The molecule has 4 nitrogen and oxygen atoms in total. The van der Waals surface area contributed by atoms with Gasteiger partial charge in [0.05, 0.1) is 20.8 Å². The van der Waals surface area contributed by atoms with Gasteiger partial charge in [-0.2, -0.15) is 0 Å². The van der Waals surface area contributed by atoms with Gasteiger partial charge < -0.3 is 9.52 Å². The molecule has 0 aliphatic carbocycles. The second kappa shape index (κ2) is 4.16. The van der Waals surface area contributed by atoms with Crippen LogP contribution in [0.1, 0.15) is 5.69 Å². The van der Waals surface area contributed by atoms with E-state index < -0.39 is 5.97 Å². The summed E-state index contributed by atoms with van der Waals surface area (Å²) >= 11 is 4.82. The zero-order valence-electron chi connectivity index (χ0n) is 7.44. The van der Waals surface area contributed by atoms with Gasteiger partial charge in [-0.15, -0.1) is 11.3 Å². The van der Waals surface area contributed by atoms with Crippen LogP contribution in [0, 0.1) is 0 Å². The van der Waals surface area contributed by atoms with Crippen LogP contribution in [0.15, 0.2) is 26.6 Å². The lowest BCUT2D eigenvalue weighted by Gasteiger charge is -1.86. The predicted octanol–water partition coefficient (Wildman–Crippen LogP) is 2.79. The highest BCUT2D eigenvalue weighted by Gasteiger charge is 2.10. The first-order chi connectivity index (χ1) is 7.15. The molecule has 2 aromatic heterocycles. The number of carboxylic acid groups (broad SMARTS) is 1. The fraction of sp³-hybridized carbons (Fsp3) is 0.111. The number of rotatable bonds is 3. The minimum Gasteiger partial charge on any atom is -0.481 e. The molecule has 0 fully saturated rings. The van der Waals surface area contributed by atoms with Crippen LogP contribution in [0.2, 0.25) is 0 Å². The third-order valence-electron chi connectivity index (χ3n) is 1.67. The minimum absolute atomic E-state index is 0.115. The normalized spacial score (nSPS) is 10.5. The maximum atomic E-state index is 10.4. The first-order valence-corrected chi connectivity index (χ1v) is 5.68. The SMILES string of the molecule is O=C(O)Cc1coc(-c2ccc(Br)s2)n1. The summed E-state index contributed by atoms with van der Waals surface area (Å²) in [4.78, 5) is 15.4. The molecule has 15 heavy (non-hydrogen) atoms. The first kappa shape index (κ1) is 10.4. The molecule has 0 radical (unpaired) electrons. The van der Waals surface area contributed by atoms with E-state index >= 15 is 0 Å². The largest absolute Gasteiger partial charge is 0.481 e. The molecule has 0 atom stereocenters. The Morgan fingerprint density at radius 1 is 1.60 bits per heavy atom. The van der Waals surface area contributed by atoms with Crippen molar-refractivity contribution >= 4 is 33.2 Å². The van der Waals surface area contributed by atoms with Gasteiger partial charge in [0, 0.05) is 0 Å². The maximum absolute atomic E-state index is 10.4. The Kier molecular flexibility index (Phi) is 2.88. The molecule has 0 saturated carbocycles. The number of carbonyl (C=O) groups is 1. The topological polar surface area (TPSA) is 63.3 Å². The Morgan fingerprint density at radius 2 is 2.40 bits per heavy atom. The zero-order chi connectivity index (χ0) is 10.8. The van der Waals surface area contributed by atoms with Gasteiger partial charge in [-0.3, -0.25) is 4.79 Å². The van der Waals surface area contributed by atoms with Gasteiger partial charge in [0.1, 0.15) is 6.26 Å². The second-order valence-electron chi connectivity index (χ2n) is 2.82. The average Bonchev–Trinajstić information content (AvgIpc) is 2.72. The van der Waals surface area contributed by atoms with Crippen molar-refractivity contribution in [3.63, 3.8) is 0 Å². The Morgan fingerprint density at radius 3 is 3.00 bits per heavy atom. The lowest BCUT2D eigenvalue weighted by Crippen LogP contribution is -1.99. The van der Waals surface area contributed by atoms with Gasteiger partial charge in [0.15, 0.2) is 0 Å². The van der Waals surface area contributed by atoms with Crippen molar-refractivity contribution in [3.8, 4) is 10.8 Å². The number of hydrogen-bond acceptors (Lipinski definition) is 4. The van der Waals surface area contributed by atoms with Gasteiger partial charge in [-0.25, -0.2) is 4.98 Å². The summed E-state index contributed by atoms with van der Waals surface area (Å²) < 4.78 is 6.16. The van der Waals surface area contributed by atoms with Crippen LogP contribution in [0.25, 0.3) is 10.8 Å². The monoisotopic (exact) mass is 287 g/mol. The Balaban J connectivity index is 2.23. The van der Waals surface area contributed by atoms with Crippen molar-refractivity contribution in [2.45, 2.75) is 6.42 Å². The van der Waals surface area contributed by atoms with Crippen molar-refractivity contribution in [1.82, 2.24) is 4.98 Å². The van der Waals surface area contributed by atoms with Crippen molar-refractivity contribution in [2.24, 2.45) is 0 Å². The molecule has 0 saturated heterocycles. The van der Waals surface area contributed by atoms with Crippen molar-refractivity contribution in [2.75, 3.05) is 0 Å². The second-order valence-corrected chi connectivity index (χ2v) is 5.28. The number of hydrogen-bond donors (Lipinski definition) is 1. The summed E-state index contributed by atoms with van der Waals surface area (Å²) in [6.45, 7) is 0. The summed E-state index contributed by atoms with van der Waals surface area (Å²) in [5.74, 6) is -0.454. The van der Waals surface area contributed by atoms with E-state index in [4.69, 9.17) is 9.52 Å². The quantitative estimate of drug-likeness (QED) is 0.943. The van der Waals surface area contributed by atoms with Crippen molar-refractivity contribution in [3.05, 3.63) is 27.9 Å². The highest BCUT2D eigenvalue weighted by Crippen LogP contribution is 2.30. The molecule has 0 amide bonds. The molecule has 2 heterocycles. The Labute approximate surface area is 97.7 Å². The molecule has 1 N–H and O–H groups in total. The van der Waals surface area contributed by atoms with Gasteiger partial charge >= 0.3 is 5.97 Å². The van der Waals surface area contributed by atoms with Crippen LogP contribution in [-0.4, -0.2) is 16.1 Å². The van der Waals surface area contributed by atoms with Crippen molar-refractivity contribution < 1.29 is 14.3 Å². The van der Waals surface area contributed by atoms with Crippen LogP contribution < -0.4 is 0 Å². The lowest BCUT2D eigenvalue weighted by atomic mass is 10.3. The van der Waals surface area contributed by atoms with E-state index in [9.17, 15) is 4.79 Å². The maximum Gasteiger partial charge on any atom is 0.309 e. The summed E-state index contributed by atoms with van der Waals surface area (Å²) in [5, 5.41) is 8.56. The van der Waals surface area contributed by atoms with E-state index in [1.54, 1.807) is 0 Å². The molecule has 6 heteroatoms. The Bertz CT molecular complexity index is 491. The summed E-state index contributed by atoms with van der Waals surface area (Å²) in [6.07, 6.45) is 1.26. The summed E-state index contributed by atoms with van der Waals surface area (Å²) in [7, 11) is 0. The van der Waals surface area contributed by atoms with Crippen LogP contribution in [0.5, 0.6) is 0 Å². The Hall–Kier alpha value is -1.14. The summed E-state index contributed by atoms with van der Waals surface area (Å²) in [5.41, 5.74) is 0.432. The molecule has 0 aliphatic rings. The van der Waals surface area contributed by atoms with Crippen LogP contribution >= 0.6 is 27.3 Å². The van der Waals surface area contributed by atoms with Gasteiger partial charge in [-0.1, -0.05) is 0 Å². The zero-order valence-corrected chi connectivity index (χ0v) is 9.84. The predicted molar refractivity (Wildman–Crippen MR) is 58.9 cm³/mol. The number of thiophene rings is 1. The molecular formula is C9H6BrNO3S. The molecule has 0 aromatic carbocycles. The van der Waals surface area contributed by atoms with Gasteiger partial charge in [0.25, 0.3) is 0 Å². The molecule has 0 unspecified atom stereocenters. The number of carboxylic acids is 1. The van der Waals surface area contributed by atoms with Crippen LogP contribution in [0.3, 0.4) is 0 Å². The third kappa shape index (κ3) is 2.45. The molecular weight excluding hydrogens is 282 g/mol. The van der Waals surface area contributed by atoms with Crippen molar-refractivity contribution in [1.29, 1.82) is 0 Å². The summed E-state index contributed by atoms with van der Waals surface area (Å²) in [6, 6.07) is 3.76.